The zero-order valence-electron chi connectivity index (χ0n) is 6.97. The van der Waals surface area contributed by atoms with Gasteiger partial charge in [-0.2, -0.15) is 0 Å². The highest BCUT2D eigenvalue weighted by molar-refractivity contribution is 5.21. The molecule has 0 radical (unpaired) electrons. The molecule has 0 spiro atoms. The van der Waals surface area contributed by atoms with Gasteiger partial charge in [0.2, 0.25) is 0 Å². The Morgan fingerprint density at radius 1 is 1.46 bits per heavy atom. The molecule has 0 heterocycles. The lowest BCUT2D eigenvalue weighted by Crippen LogP contribution is -2.07. The summed E-state index contributed by atoms with van der Waals surface area (Å²) in [5, 5.41) is 10.1. The summed E-state index contributed by atoms with van der Waals surface area (Å²) in [5.41, 5.74) is -0.149. The average molecular weight is 179 g/mol. The van der Waals surface area contributed by atoms with Gasteiger partial charge in [0.25, 0.3) is 5.70 Å². The minimum Gasteiger partial charge on any atom is -0.482 e. The second kappa shape index (κ2) is 4.25. The molecule has 0 fully saturated rings. The first-order valence-electron chi connectivity index (χ1n) is 3.70. The molecule has 0 saturated heterocycles. The van der Waals surface area contributed by atoms with Crippen molar-refractivity contribution in [2.24, 2.45) is 0 Å². The predicted octanol–water partition coefficient (Wildman–Crippen LogP) is 1.86. The number of ether oxygens (including phenoxy) is 1. The molecule has 13 heavy (non-hydrogen) atoms. The molecule has 0 aliphatic rings. The Balaban J connectivity index is 2.44. The van der Waals surface area contributed by atoms with E-state index >= 15 is 0 Å². The summed E-state index contributed by atoms with van der Waals surface area (Å²) >= 11 is 0. The molecule has 0 N–H and O–H groups in total. The van der Waals surface area contributed by atoms with E-state index in [1.54, 1.807) is 24.3 Å². The van der Waals surface area contributed by atoms with Gasteiger partial charge in [-0.1, -0.05) is 18.2 Å². The van der Waals surface area contributed by atoms with E-state index in [1.807, 2.05) is 6.07 Å². The molecule has 4 heteroatoms. The summed E-state index contributed by atoms with van der Waals surface area (Å²) in [6.07, 6.45) is 0. The van der Waals surface area contributed by atoms with E-state index in [4.69, 9.17) is 4.74 Å². The van der Waals surface area contributed by atoms with E-state index in [2.05, 4.69) is 6.58 Å². The fraction of sp³-hybridized carbons (Fsp3) is 0.111. The van der Waals surface area contributed by atoms with Gasteiger partial charge in [-0.15, -0.1) is 0 Å². The highest BCUT2D eigenvalue weighted by Gasteiger charge is 2.06. The molecule has 0 unspecified atom stereocenters. The van der Waals surface area contributed by atoms with E-state index < -0.39 is 4.92 Å². The van der Waals surface area contributed by atoms with Gasteiger partial charge >= 0.3 is 0 Å². The van der Waals surface area contributed by atoms with Gasteiger partial charge in [0.1, 0.15) is 5.75 Å². The number of para-hydroxylation sites is 1. The molecule has 1 aromatic carbocycles. The molecule has 68 valence electrons. The largest absolute Gasteiger partial charge is 0.482 e. The van der Waals surface area contributed by atoms with Gasteiger partial charge in [-0.3, -0.25) is 10.1 Å². The van der Waals surface area contributed by atoms with Crippen molar-refractivity contribution in [2.45, 2.75) is 0 Å². The molecular formula is C9H9NO3. The molecule has 0 aromatic heterocycles. The van der Waals surface area contributed by atoms with Crippen molar-refractivity contribution >= 4 is 0 Å². The molecule has 0 aliphatic carbocycles. The second-order valence-corrected chi connectivity index (χ2v) is 2.43. The fourth-order valence-corrected chi connectivity index (χ4v) is 0.736. The number of nitro groups is 1. The molecule has 4 nitrogen and oxygen atoms in total. The Hall–Kier alpha value is -1.84. The van der Waals surface area contributed by atoms with Crippen LogP contribution in [0.4, 0.5) is 0 Å². The van der Waals surface area contributed by atoms with Gasteiger partial charge in [-0.05, 0) is 18.7 Å². The third kappa shape index (κ3) is 2.94. The molecule has 0 atom stereocenters. The van der Waals surface area contributed by atoms with Crippen molar-refractivity contribution in [1.29, 1.82) is 0 Å². The van der Waals surface area contributed by atoms with Crippen LogP contribution in [-0.2, 0) is 0 Å². The van der Waals surface area contributed by atoms with Crippen molar-refractivity contribution in [3.63, 3.8) is 0 Å². The molecule has 1 aromatic rings. The number of rotatable bonds is 4. The summed E-state index contributed by atoms with van der Waals surface area (Å²) in [7, 11) is 0. The first-order chi connectivity index (χ1) is 6.20. The predicted molar refractivity (Wildman–Crippen MR) is 48.1 cm³/mol. The summed E-state index contributed by atoms with van der Waals surface area (Å²) in [4.78, 5) is 9.59. The van der Waals surface area contributed by atoms with Crippen LogP contribution in [0, 0.1) is 10.1 Å². The molecule has 0 aliphatic heterocycles. The lowest BCUT2D eigenvalue weighted by molar-refractivity contribution is -0.428. The lowest BCUT2D eigenvalue weighted by Gasteiger charge is -2.02. The molecule has 0 amide bonds. The number of nitrogens with zero attached hydrogens (tertiary/aromatic N) is 1. The minimum absolute atomic E-state index is 0.0863. The van der Waals surface area contributed by atoms with Crippen LogP contribution in [0.5, 0.6) is 5.75 Å². The van der Waals surface area contributed by atoms with Gasteiger partial charge in [-0.25, -0.2) is 0 Å². The van der Waals surface area contributed by atoms with Crippen LogP contribution >= 0.6 is 0 Å². The van der Waals surface area contributed by atoms with E-state index in [1.165, 1.54) is 0 Å². The fourth-order valence-electron chi connectivity index (χ4n) is 0.736. The normalized spacial score (nSPS) is 9.23. The van der Waals surface area contributed by atoms with Crippen LogP contribution < -0.4 is 4.74 Å². The van der Waals surface area contributed by atoms with Crippen LogP contribution in [0.2, 0.25) is 0 Å². The Morgan fingerprint density at radius 2 is 2.08 bits per heavy atom. The summed E-state index contributed by atoms with van der Waals surface area (Å²) in [6.45, 7) is 3.16. The first-order valence-corrected chi connectivity index (χ1v) is 3.70. The summed E-state index contributed by atoms with van der Waals surface area (Å²) in [5.74, 6) is 0.602. The third-order valence-electron chi connectivity index (χ3n) is 1.41. The maximum atomic E-state index is 10.1. The quantitative estimate of drug-likeness (QED) is 0.523. The molecular weight excluding hydrogens is 170 g/mol. The monoisotopic (exact) mass is 179 g/mol. The third-order valence-corrected chi connectivity index (χ3v) is 1.41. The average Bonchev–Trinajstić information content (AvgIpc) is 2.15. The zero-order valence-corrected chi connectivity index (χ0v) is 6.97. The van der Waals surface area contributed by atoms with Gasteiger partial charge in [0, 0.05) is 0 Å². The SMILES string of the molecule is C=C(COc1ccccc1)[N+](=O)[O-]. The van der Waals surface area contributed by atoms with E-state index in [0.29, 0.717) is 5.75 Å². The van der Waals surface area contributed by atoms with Gasteiger partial charge in [0.05, 0.1) is 4.92 Å². The number of benzene rings is 1. The van der Waals surface area contributed by atoms with Crippen LogP contribution in [0.3, 0.4) is 0 Å². The summed E-state index contributed by atoms with van der Waals surface area (Å²) < 4.78 is 5.09. The van der Waals surface area contributed by atoms with Crippen molar-refractivity contribution in [1.82, 2.24) is 0 Å². The van der Waals surface area contributed by atoms with Crippen LogP contribution in [0.25, 0.3) is 0 Å². The van der Waals surface area contributed by atoms with E-state index in [9.17, 15) is 10.1 Å². The van der Waals surface area contributed by atoms with Crippen LogP contribution in [0.1, 0.15) is 0 Å². The zero-order chi connectivity index (χ0) is 9.68. The van der Waals surface area contributed by atoms with E-state index in [0.717, 1.165) is 0 Å². The highest BCUT2D eigenvalue weighted by atomic mass is 16.6. The molecule has 1 rings (SSSR count). The lowest BCUT2D eigenvalue weighted by atomic mass is 10.3. The smallest absolute Gasteiger partial charge is 0.276 e. The summed E-state index contributed by atoms with van der Waals surface area (Å²) in [6, 6.07) is 8.89. The van der Waals surface area contributed by atoms with E-state index in [-0.39, 0.29) is 12.3 Å². The standard InChI is InChI=1S/C9H9NO3/c1-8(10(11)12)7-13-9-5-3-2-4-6-9/h2-6H,1,7H2. The highest BCUT2D eigenvalue weighted by Crippen LogP contribution is 2.09. The first kappa shape index (κ1) is 9.25. The Morgan fingerprint density at radius 3 is 2.62 bits per heavy atom. The Bertz CT molecular complexity index is 308. The van der Waals surface area contributed by atoms with Crippen LogP contribution in [-0.4, -0.2) is 11.5 Å². The number of hydrogen-bond acceptors (Lipinski definition) is 3. The Labute approximate surface area is 75.6 Å². The number of hydrogen-bond donors (Lipinski definition) is 0. The minimum atomic E-state index is -0.553. The van der Waals surface area contributed by atoms with Crippen molar-refractivity contribution in [3.8, 4) is 5.75 Å². The van der Waals surface area contributed by atoms with Crippen molar-refractivity contribution < 1.29 is 9.66 Å². The van der Waals surface area contributed by atoms with Crippen molar-refractivity contribution in [3.05, 3.63) is 52.7 Å². The maximum Gasteiger partial charge on any atom is 0.276 e. The molecule has 0 saturated carbocycles. The van der Waals surface area contributed by atoms with Gasteiger partial charge in [0.15, 0.2) is 6.61 Å². The topological polar surface area (TPSA) is 52.4 Å². The van der Waals surface area contributed by atoms with Crippen LogP contribution in [0.15, 0.2) is 42.6 Å². The Kier molecular flexibility index (Phi) is 3.03. The maximum absolute atomic E-state index is 10.1. The molecule has 0 bridgehead atoms. The second-order valence-electron chi connectivity index (χ2n) is 2.43. The van der Waals surface area contributed by atoms with Crippen molar-refractivity contribution in [2.75, 3.05) is 6.61 Å². The van der Waals surface area contributed by atoms with Gasteiger partial charge < -0.3 is 4.74 Å².